The molecule has 0 radical (unpaired) electrons. The molecule has 0 spiro atoms. The minimum Gasteiger partial charge on any atom is -0.366 e. The number of rotatable bonds is 3. The molecule has 132 valence electrons. The van der Waals surface area contributed by atoms with Gasteiger partial charge < -0.3 is 20.5 Å². The van der Waals surface area contributed by atoms with Crippen LogP contribution in [-0.4, -0.2) is 34.0 Å². The molecule has 2 heterocycles. The number of benzene rings is 1. The van der Waals surface area contributed by atoms with Crippen molar-refractivity contribution in [3.63, 3.8) is 0 Å². The fraction of sp³-hybridized carbons (Fsp3) is 0.333. The predicted octanol–water partition coefficient (Wildman–Crippen LogP) is 2.84. The molecule has 1 aromatic carbocycles. The van der Waals surface area contributed by atoms with E-state index in [1.807, 2.05) is 48.7 Å². The summed E-state index contributed by atoms with van der Waals surface area (Å²) in [5.41, 5.74) is 8.20. The van der Waals surface area contributed by atoms with Gasteiger partial charge in [-0.15, -0.1) is 0 Å². The highest BCUT2D eigenvalue weighted by molar-refractivity contribution is 6.33. The normalized spacial score (nSPS) is 13.7. The highest BCUT2D eigenvalue weighted by atomic mass is 35.5. The first kappa shape index (κ1) is 17.4. The lowest BCUT2D eigenvalue weighted by Gasteiger charge is -2.30. The second-order valence-electron chi connectivity index (χ2n) is 6.40. The summed E-state index contributed by atoms with van der Waals surface area (Å²) in [6.45, 7) is 5.15. The minimum absolute atomic E-state index is 0.0419. The summed E-state index contributed by atoms with van der Waals surface area (Å²) < 4.78 is 1.88. The van der Waals surface area contributed by atoms with Crippen LogP contribution in [-0.2, 0) is 13.1 Å². The van der Waals surface area contributed by atoms with Crippen LogP contribution in [0.5, 0.6) is 0 Å². The van der Waals surface area contributed by atoms with Crippen LogP contribution in [0.2, 0.25) is 5.15 Å². The zero-order chi connectivity index (χ0) is 18.1. The maximum Gasteiger partial charge on any atom is 0.318 e. The van der Waals surface area contributed by atoms with Crippen LogP contribution >= 0.6 is 11.6 Å². The fourth-order valence-electron chi connectivity index (χ4n) is 3.16. The van der Waals surface area contributed by atoms with Gasteiger partial charge in [-0.25, -0.2) is 4.79 Å². The van der Waals surface area contributed by atoms with Crippen LogP contribution in [0.15, 0.2) is 30.3 Å². The SMILES string of the molecule is CC(C)NC(=O)N1CCn2c(Cl)c(-c3ccccc3)c(C(N)=O)c2C1. The van der Waals surface area contributed by atoms with Gasteiger partial charge in [0.2, 0.25) is 0 Å². The van der Waals surface area contributed by atoms with Gasteiger partial charge >= 0.3 is 6.03 Å². The molecule has 0 unspecified atom stereocenters. The number of halogens is 1. The van der Waals surface area contributed by atoms with Crippen molar-refractivity contribution in [1.29, 1.82) is 0 Å². The number of aromatic nitrogens is 1. The van der Waals surface area contributed by atoms with Crippen molar-refractivity contribution >= 4 is 23.5 Å². The van der Waals surface area contributed by atoms with Crippen molar-refractivity contribution in [1.82, 2.24) is 14.8 Å². The predicted molar refractivity (Wildman–Crippen MR) is 97.5 cm³/mol. The second-order valence-corrected chi connectivity index (χ2v) is 6.75. The summed E-state index contributed by atoms with van der Waals surface area (Å²) in [5.74, 6) is -0.541. The summed E-state index contributed by atoms with van der Waals surface area (Å²) >= 11 is 6.57. The first-order valence-electron chi connectivity index (χ1n) is 8.21. The highest BCUT2D eigenvalue weighted by Gasteiger charge is 2.31. The van der Waals surface area contributed by atoms with Crippen LogP contribution < -0.4 is 11.1 Å². The van der Waals surface area contributed by atoms with Gasteiger partial charge in [0.05, 0.1) is 17.8 Å². The average Bonchev–Trinajstić information content (AvgIpc) is 2.87. The van der Waals surface area contributed by atoms with E-state index in [0.29, 0.717) is 41.6 Å². The minimum atomic E-state index is -0.541. The Hall–Kier alpha value is -2.47. The van der Waals surface area contributed by atoms with Crippen molar-refractivity contribution in [2.24, 2.45) is 5.73 Å². The molecule has 1 aliphatic heterocycles. The number of carbonyl (C=O) groups is 2. The van der Waals surface area contributed by atoms with Crippen LogP contribution in [0.25, 0.3) is 11.1 Å². The Morgan fingerprint density at radius 1 is 1.20 bits per heavy atom. The molecular weight excluding hydrogens is 340 g/mol. The lowest BCUT2D eigenvalue weighted by molar-refractivity contribution is 0.0997. The van der Waals surface area contributed by atoms with Gasteiger partial charge in [0.15, 0.2) is 0 Å². The fourth-order valence-corrected chi connectivity index (χ4v) is 3.55. The third-order valence-corrected chi connectivity index (χ3v) is 4.64. The van der Waals surface area contributed by atoms with E-state index < -0.39 is 5.91 Å². The third kappa shape index (κ3) is 3.22. The van der Waals surface area contributed by atoms with Crippen LogP contribution in [0.3, 0.4) is 0 Å². The number of carbonyl (C=O) groups excluding carboxylic acids is 2. The molecule has 0 bridgehead atoms. The van der Waals surface area contributed by atoms with Gasteiger partial charge in [0, 0.05) is 24.7 Å². The standard InChI is InChI=1S/C18H21ClN4O2/c1-11(2)21-18(25)22-8-9-23-13(10-22)15(17(20)24)14(16(23)19)12-6-4-3-5-7-12/h3-7,11H,8-10H2,1-2H3,(H2,20,24)(H,21,25). The number of nitrogens with zero attached hydrogens (tertiary/aromatic N) is 2. The lowest BCUT2D eigenvalue weighted by Crippen LogP contribution is -2.46. The molecule has 7 heteroatoms. The topological polar surface area (TPSA) is 80.4 Å². The molecule has 0 saturated carbocycles. The van der Waals surface area contributed by atoms with E-state index in [1.54, 1.807) is 4.90 Å². The monoisotopic (exact) mass is 360 g/mol. The van der Waals surface area contributed by atoms with E-state index in [1.165, 1.54) is 0 Å². The van der Waals surface area contributed by atoms with Crippen LogP contribution in [0, 0.1) is 0 Å². The molecule has 0 aliphatic carbocycles. The quantitative estimate of drug-likeness (QED) is 0.882. The van der Waals surface area contributed by atoms with E-state index in [4.69, 9.17) is 17.3 Å². The molecule has 6 nitrogen and oxygen atoms in total. The zero-order valence-corrected chi connectivity index (χ0v) is 15.0. The maximum atomic E-state index is 12.3. The Morgan fingerprint density at radius 3 is 2.48 bits per heavy atom. The summed E-state index contributed by atoms with van der Waals surface area (Å²) in [4.78, 5) is 26.2. The number of amides is 3. The number of hydrogen-bond donors (Lipinski definition) is 2. The maximum absolute atomic E-state index is 12.3. The number of hydrogen-bond acceptors (Lipinski definition) is 2. The van der Waals surface area contributed by atoms with E-state index in [9.17, 15) is 9.59 Å². The van der Waals surface area contributed by atoms with Gasteiger partial charge in [0.25, 0.3) is 5.91 Å². The first-order chi connectivity index (χ1) is 11.9. The van der Waals surface area contributed by atoms with Crippen molar-refractivity contribution in [3.8, 4) is 11.1 Å². The van der Waals surface area contributed by atoms with E-state index in [2.05, 4.69) is 5.32 Å². The number of nitrogens with two attached hydrogens (primary N) is 1. The third-order valence-electron chi connectivity index (χ3n) is 4.25. The molecule has 2 aromatic rings. The number of urea groups is 1. The Kier molecular flexibility index (Phi) is 4.72. The van der Waals surface area contributed by atoms with E-state index in [0.717, 1.165) is 5.56 Å². The van der Waals surface area contributed by atoms with Crippen molar-refractivity contribution in [2.75, 3.05) is 6.54 Å². The molecule has 1 aliphatic rings. The number of fused-ring (bicyclic) bond motifs is 1. The molecule has 3 rings (SSSR count). The van der Waals surface area contributed by atoms with Crippen LogP contribution in [0.4, 0.5) is 4.79 Å². The molecular formula is C18H21ClN4O2. The summed E-state index contributed by atoms with van der Waals surface area (Å²) in [7, 11) is 0. The number of nitrogens with one attached hydrogen (secondary N) is 1. The Labute approximate surface area is 151 Å². The van der Waals surface area contributed by atoms with Gasteiger partial charge in [-0.1, -0.05) is 41.9 Å². The first-order valence-corrected chi connectivity index (χ1v) is 8.59. The smallest absolute Gasteiger partial charge is 0.318 e. The Balaban J connectivity index is 2.05. The van der Waals surface area contributed by atoms with Crippen molar-refractivity contribution in [2.45, 2.75) is 33.0 Å². The van der Waals surface area contributed by atoms with Gasteiger partial charge in [-0.3, -0.25) is 4.79 Å². The van der Waals surface area contributed by atoms with Gasteiger partial charge in [0.1, 0.15) is 5.15 Å². The molecule has 25 heavy (non-hydrogen) atoms. The van der Waals surface area contributed by atoms with Gasteiger partial charge in [-0.05, 0) is 19.4 Å². The second kappa shape index (κ2) is 6.80. The summed E-state index contributed by atoms with van der Waals surface area (Å²) in [6.07, 6.45) is 0. The lowest BCUT2D eigenvalue weighted by atomic mass is 10.0. The number of primary amides is 1. The van der Waals surface area contributed by atoms with Crippen molar-refractivity contribution < 1.29 is 9.59 Å². The summed E-state index contributed by atoms with van der Waals surface area (Å²) in [6, 6.07) is 9.34. The summed E-state index contributed by atoms with van der Waals surface area (Å²) in [5, 5.41) is 3.36. The molecule has 3 N–H and O–H groups in total. The van der Waals surface area contributed by atoms with Crippen molar-refractivity contribution in [3.05, 3.63) is 46.7 Å². The highest BCUT2D eigenvalue weighted by Crippen LogP contribution is 2.38. The van der Waals surface area contributed by atoms with E-state index >= 15 is 0 Å². The van der Waals surface area contributed by atoms with Crippen LogP contribution in [0.1, 0.15) is 29.9 Å². The zero-order valence-electron chi connectivity index (χ0n) is 14.3. The molecule has 0 saturated heterocycles. The largest absolute Gasteiger partial charge is 0.366 e. The molecule has 3 amide bonds. The Morgan fingerprint density at radius 2 is 1.88 bits per heavy atom. The average molecular weight is 361 g/mol. The van der Waals surface area contributed by atoms with E-state index in [-0.39, 0.29) is 12.1 Å². The molecule has 1 aromatic heterocycles. The molecule has 0 fully saturated rings. The molecule has 0 atom stereocenters. The van der Waals surface area contributed by atoms with Gasteiger partial charge in [-0.2, -0.15) is 0 Å². The Bertz CT molecular complexity index is 814.